The molecule has 1 aromatic heterocycles. The molecule has 96 valence electrons. The highest BCUT2D eigenvalue weighted by atomic mass is 19.1. The van der Waals surface area contributed by atoms with Crippen LogP contribution in [-0.4, -0.2) is 16.3 Å². The maximum atomic E-state index is 13.3. The van der Waals surface area contributed by atoms with E-state index in [1.165, 1.54) is 6.07 Å². The highest BCUT2D eigenvalue weighted by Crippen LogP contribution is 2.21. The Kier molecular flexibility index (Phi) is 4.10. The van der Waals surface area contributed by atoms with Crippen LogP contribution in [0.15, 0.2) is 36.5 Å². The van der Waals surface area contributed by atoms with Crippen molar-refractivity contribution in [1.82, 2.24) is 15.1 Å². The molecule has 0 amide bonds. The molecule has 3 nitrogen and oxygen atoms in total. The Bertz CT molecular complexity index is 507. The average Bonchev–Trinajstić information content (AvgIpc) is 2.76. The third-order valence-corrected chi connectivity index (χ3v) is 2.81. The summed E-state index contributed by atoms with van der Waals surface area (Å²) >= 11 is 0. The van der Waals surface area contributed by atoms with Gasteiger partial charge in [0, 0.05) is 13.2 Å². The van der Waals surface area contributed by atoms with Crippen LogP contribution in [-0.2, 0) is 7.05 Å². The molecule has 0 aliphatic heterocycles. The lowest BCUT2D eigenvalue weighted by molar-refractivity contribution is 0.567. The van der Waals surface area contributed by atoms with Gasteiger partial charge in [-0.1, -0.05) is 19.1 Å². The van der Waals surface area contributed by atoms with E-state index in [4.69, 9.17) is 0 Å². The van der Waals surface area contributed by atoms with Gasteiger partial charge >= 0.3 is 0 Å². The second-order valence-corrected chi connectivity index (χ2v) is 4.36. The van der Waals surface area contributed by atoms with Crippen LogP contribution >= 0.6 is 0 Å². The average molecular weight is 247 g/mol. The van der Waals surface area contributed by atoms with Crippen molar-refractivity contribution in [3.63, 3.8) is 0 Å². The molecule has 1 atom stereocenters. The SMILES string of the molecule is CCCNC(c1cccc(F)c1)c1ccn(C)n1. The number of aryl methyl sites for hydroxylation is 1. The summed E-state index contributed by atoms with van der Waals surface area (Å²) in [6.07, 6.45) is 2.92. The molecular formula is C14H18FN3. The van der Waals surface area contributed by atoms with Crippen LogP contribution in [0.5, 0.6) is 0 Å². The number of nitrogens with zero attached hydrogens (tertiary/aromatic N) is 2. The second kappa shape index (κ2) is 5.78. The first-order valence-corrected chi connectivity index (χ1v) is 6.19. The summed E-state index contributed by atoms with van der Waals surface area (Å²) < 4.78 is 15.1. The van der Waals surface area contributed by atoms with Crippen molar-refractivity contribution in [2.75, 3.05) is 6.54 Å². The molecule has 1 N–H and O–H groups in total. The topological polar surface area (TPSA) is 29.9 Å². The standard InChI is InChI=1S/C14H18FN3/c1-3-8-16-14(13-7-9-18(2)17-13)11-5-4-6-12(15)10-11/h4-7,9-10,14,16H,3,8H2,1-2H3. The molecule has 2 aromatic rings. The van der Waals surface area contributed by atoms with Crippen LogP contribution in [0.1, 0.15) is 30.6 Å². The van der Waals surface area contributed by atoms with Crippen LogP contribution in [0.3, 0.4) is 0 Å². The van der Waals surface area contributed by atoms with Crippen molar-refractivity contribution in [2.24, 2.45) is 7.05 Å². The zero-order valence-corrected chi connectivity index (χ0v) is 10.7. The molecule has 0 radical (unpaired) electrons. The summed E-state index contributed by atoms with van der Waals surface area (Å²) in [6, 6.07) is 8.57. The summed E-state index contributed by atoms with van der Waals surface area (Å²) in [5.74, 6) is -0.216. The summed E-state index contributed by atoms with van der Waals surface area (Å²) in [7, 11) is 1.88. The van der Waals surface area contributed by atoms with E-state index >= 15 is 0 Å². The van der Waals surface area contributed by atoms with Gasteiger partial charge in [-0.3, -0.25) is 4.68 Å². The molecule has 0 spiro atoms. The highest BCUT2D eigenvalue weighted by Gasteiger charge is 2.16. The first-order valence-electron chi connectivity index (χ1n) is 6.19. The normalized spacial score (nSPS) is 12.6. The van der Waals surface area contributed by atoms with Crippen LogP contribution < -0.4 is 5.32 Å². The summed E-state index contributed by atoms with van der Waals surface area (Å²) in [5, 5.41) is 7.80. The molecule has 0 aliphatic rings. The fourth-order valence-electron chi connectivity index (χ4n) is 1.96. The molecule has 0 saturated carbocycles. The Morgan fingerprint density at radius 2 is 2.22 bits per heavy atom. The Morgan fingerprint density at radius 3 is 2.83 bits per heavy atom. The molecule has 1 unspecified atom stereocenters. The van der Waals surface area contributed by atoms with Crippen molar-refractivity contribution in [2.45, 2.75) is 19.4 Å². The van der Waals surface area contributed by atoms with Gasteiger partial charge in [-0.2, -0.15) is 5.10 Å². The fourth-order valence-corrected chi connectivity index (χ4v) is 1.96. The van der Waals surface area contributed by atoms with Crippen molar-refractivity contribution in [3.05, 3.63) is 53.6 Å². The predicted octanol–water partition coefficient (Wildman–Crippen LogP) is 2.65. The van der Waals surface area contributed by atoms with E-state index in [2.05, 4.69) is 17.3 Å². The summed E-state index contributed by atoms with van der Waals surface area (Å²) in [4.78, 5) is 0. The van der Waals surface area contributed by atoms with Gasteiger partial charge in [0.05, 0.1) is 11.7 Å². The van der Waals surface area contributed by atoms with Crippen molar-refractivity contribution >= 4 is 0 Å². The number of nitrogens with one attached hydrogen (secondary N) is 1. The number of benzene rings is 1. The predicted molar refractivity (Wildman–Crippen MR) is 69.7 cm³/mol. The van der Waals surface area contributed by atoms with Gasteiger partial charge in [-0.15, -0.1) is 0 Å². The molecule has 1 heterocycles. The number of rotatable bonds is 5. The smallest absolute Gasteiger partial charge is 0.123 e. The van der Waals surface area contributed by atoms with E-state index in [0.29, 0.717) is 0 Å². The second-order valence-electron chi connectivity index (χ2n) is 4.36. The lowest BCUT2D eigenvalue weighted by Crippen LogP contribution is -2.23. The van der Waals surface area contributed by atoms with Gasteiger partial charge in [0.1, 0.15) is 5.82 Å². The zero-order valence-electron chi connectivity index (χ0n) is 10.7. The maximum Gasteiger partial charge on any atom is 0.123 e. The molecule has 0 saturated heterocycles. The van der Waals surface area contributed by atoms with Crippen LogP contribution in [0.25, 0.3) is 0 Å². The molecule has 18 heavy (non-hydrogen) atoms. The first-order chi connectivity index (χ1) is 8.70. The van der Waals surface area contributed by atoms with Crippen LogP contribution in [0.4, 0.5) is 4.39 Å². The summed E-state index contributed by atoms with van der Waals surface area (Å²) in [6.45, 7) is 2.98. The van der Waals surface area contributed by atoms with Crippen molar-refractivity contribution < 1.29 is 4.39 Å². The maximum absolute atomic E-state index is 13.3. The molecule has 0 fully saturated rings. The van der Waals surface area contributed by atoms with Gasteiger partial charge in [-0.25, -0.2) is 4.39 Å². The minimum Gasteiger partial charge on any atom is -0.305 e. The Morgan fingerprint density at radius 1 is 1.39 bits per heavy atom. The molecular weight excluding hydrogens is 229 g/mol. The first kappa shape index (κ1) is 12.8. The molecule has 0 bridgehead atoms. The Balaban J connectivity index is 2.30. The fraction of sp³-hybridized carbons (Fsp3) is 0.357. The lowest BCUT2D eigenvalue weighted by Gasteiger charge is -2.17. The Labute approximate surface area is 107 Å². The Hall–Kier alpha value is -1.68. The monoisotopic (exact) mass is 247 g/mol. The number of hydrogen-bond donors (Lipinski definition) is 1. The van der Waals surface area contributed by atoms with Gasteiger partial charge < -0.3 is 5.32 Å². The number of halogens is 1. The minimum absolute atomic E-state index is 0.0538. The quantitative estimate of drug-likeness (QED) is 0.880. The van der Waals surface area contributed by atoms with Crippen molar-refractivity contribution in [3.8, 4) is 0 Å². The summed E-state index contributed by atoms with van der Waals surface area (Å²) in [5.41, 5.74) is 1.82. The third-order valence-electron chi connectivity index (χ3n) is 2.81. The van der Waals surface area contributed by atoms with Gasteiger partial charge in [0.15, 0.2) is 0 Å². The van der Waals surface area contributed by atoms with Crippen LogP contribution in [0.2, 0.25) is 0 Å². The molecule has 1 aromatic carbocycles. The van der Waals surface area contributed by atoms with Crippen molar-refractivity contribution in [1.29, 1.82) is 0 Å². The van der Waals surface area contributed by atoms with E-state index in [9.17, 15) is 4.39 Å². The van der Waals surface area contributed by atoms with Crippen LogP contribution in [0, 0.1) is 5.82 Å². The van der Waals surface area contributed by atoms with Gasteiger partial charge in [0.25, 0.3) is 0 Å². The molecule has 2 rings (SSSR count). The van der Waals surface area contributed by atoms with E-state index in [1.807, 2.05) is 25.4 Å². The largest absolute Gasteiger partial charge is 0.305 e. The molecule has 0 aliphatic carbocycles. The lowest BCUT2D eigenvalue weighted by atomic mass is 10.0. The van der Waals surface area contributed by atoms with E-state index in [0.717, 1.165) is 24.2 Å². The third kappa shape index (κ3) is 2.96. The highest BCUT2D eigenvalue weighted by molar-refractivity contribution is 5.27. The molecule has 4 heteroatoms. The number of hydrogen-bond acceptors (Lipinski definition) is 2. The zero-order chi connectivity index (χ0) is 13.0. The van der Waals surface area contributed by atoms with E-state index in [-0.39, 0.29) is 11.9 Å². The van der Waals surface area contributed by atoms with Gasteiger partial charge in [0.2, 0.25) is 0 Å². The van der Waals surface area contributed by atoms with E-state index in [1.54, 1.807) is 16.8 Å². The number of aromatic nitrogens is 2. The van der Waals surface area contributed by atoms with E-state index < -0.39 is 0 Å². The minimum atomic E-state index is -0.216. The van der Waals surface area contributed by atoms with Gasteiger partial charge in [-0.05, 0) is 36.7 Å².